The lowest BCUT2D eigenvalue weighted by Crippen LogP contribution is -2.38. The topological polar surface area (TPSA) is 75.6 Å². The molecular weight excluding hydrogens is 198 g/mol. The maximum atomic E-state index is 11.2. The highest BCUT2D eigenvalue weighted by Crippen LogP contribution is 2.28. The van der Waals surface area contributed by atoms with Gasteiger partial charge in [-0.3, -0.25) is 9.59 Å². The van der Waals surface area contributed by atoms with Crippen molar-refractivity contribution in [3.8, 4) is 0 Å². The maximum absolute atomic E-state index is 11.2. The molecule has 0 radical (unpaired) electrons. The van der Waals surface area contributed by atoms with E-state index in [0.717, 1.165) is 6.61 Å². The van der Waals surface area contributed by atoms with E-state index in [-0.39, 0.29) is 12.3 Å². The fraction of sp³-hybridized carbons (Fsp3) is 0.800. The van der Waals surface area contributed by atoms with E-state index in [1.165, 1.54) is 19.8 Å². The van der Waals surface area contributed by atoms with Crippen molar-refractivity contribution in [3.63, 3.8) is 0 Å². The van der Waals surface area contributed by atoms with Crippen LogP contribution in [0.3, 0.4) is 0 Å². The van der Waals surface area contributed by atoms with Crippen LogP contribution in [0.25, 0.3) is 0 Å². The van der Waals surface area contributed by atoms with Crippen LogP contribution in [-0.2, 0) is 14.3 Å². The highest BCUT2D eigenvalue weighted by Gasteiger charge is 2.21. The zero-order valence-corrected chi connectivity index (χ0v) is 8.86. The number of nitrogens with one attached hydrogen (secondary N) is 1. The molecule has 1 aliphatic carbocycles. The summed E-state index contributed by atoms with van der Waals surface area (Å²) >= 11 is 0. The van der Waals surface area contributed by atoms with Crippen molar-refractivity contribution in [1.82, 2.24) is 5.32 Å². The first-order chi connectivity index (χ1) is 7.09. The Bertz CT molecular complexity index is 238. The summed E-state index contributed by atoms with van der Waals surface area (Å²) in [7, 11) is 0. The summed E-state index contributed by atoms with van der Waals surface area (Å²) in [5, 5.41) is 10.9. The Labute approximate surface area is 88.8 Å². The number of aliphatic carboxylic acids is 1. The van der Waals surface area contributed by atoms with Crippen molar-refractivity contribution in [1.29, 1.82) is 0 Å². The van der Waals surface area contributed by atoms with Crippen LogP contribution >= 0.6 is 0 Å². The predicted molar refractivity (Wildman–Crippen MR) is 53.4 cm³/mol. The molecule has 1 aliphatic rings. The van der Waals surface area contributed by atoms with E-state index in [1.54, 1.807) is 0 Å². The molecular formula is C10H17NO4. The Kier molecular flexibility index (Phi) is 4.55. The van der Waals surface area contributed by atoms with Crippen molar-refractivity contribution in [2.45, 2.75) is 32.2 Å². The summed E-state index contributed by atoms with van der Waals surface area (Å²) in [5.74, 6) is -0.617. The molecule has 0 unspecified atom stereocenters. The Morgan fingerprint density at radius 2 is 2.20 bits per heavy atom. The Morgan fingerprint density at radius 1 is 1.53 bits per heavy atom. The standard InChI is InChI=1S/C10H17NO4/c1-7(10(13)14)11-9(12)4-5-15-6-8-2-3-8/h7-8H,2-6H2,1H3,(H,11,12)(H,13,14)/t7-/m1/s1. The molecule has 15 heavy (non-hydrogen) atoms. The third-order valence-electron chi connectivity index (χ3n) is 2.27. The van der Waals surface area contributed by atoms with E-state index in [4.69, 9.17) is 9.84 Å². The molecule has 0 spiro atoms. The van der Waals surface area contributed by atoms with Crippen LogP contribution in [0.5, 0.6) is 0 Å². The van der Waals surface area contributed by atoms with Gasteiger partial charge in [0.25, 0.3) is 0 Å². The van der Waals surface area contributed by atoms with Gasteiger partial charge in [0.1, 0.15) is 6.04 Å². The predicted octanol–water partition coefficient (Wildman–Crippen LogP) is 0.392. The fourth-order valence-electron chi connectivity index (χ4n) is 1.07. The van der Waals surface area contributed by atoms with E-state index in [9.17, 15) is 9.59 Å². The second kappa shape index (κ2) is 5.70. The first-order valence-corrected chi connectivity index (χ1v) is 5.19. The van der Waals surface area contributed by atoms with E-state index in [2.05, 4.69) is 5.32 Å². The molecule has 0 heterocycles. The largest absolute Gasteiger partial charge is 0.480 e. The molecule has 0 bridgehead atoms. The van der Waals surface area contributed by atoms with Crippen molar-refractivity contribution in [2.24, 2.45) is 5.92 Å². The van der Waals surface area contributed by atoms with Gasteiger partial charge in [-0.1, -0.05) is 0 Å². The average molecular weight is 215 g/mol. The van der Waals surface area contributed by atoms with Crippen molar-refractivity contribution in [3.05, 3.63) is 0 Å². The van der Waals surface area contributed by atoms with E-state index < -0.39 is 12.0 Å². The first-order valence-electron chi connectivity index (χ1n) is 5.19. The van der Waals surface area contributed by atoms with Crippen LogP contribution in [0.4, 0.5) is 0 Å². The van der Waals surface area contributed by atoms with E-state index >= 15 is 0 Å². The number of carbonyl (C=O) groups is 2. The zero-order chi connectivity index (χ0) is 11.3. The molecule has 1 saturated carbocycles. The highest BCUT2D eigenvalue weighted by molar-refractivity contribution is 5.83. The third kappa shape index (κ3) is 5.37. The summed E-state index contributed by atoms with van der Waals surface area (Å²) in [6.45, 7) is 2.53. The summed E-state index contributed by atoms with van der Waals surface area (Å²) in [6, 6.07) is -0.832. The Morgan fingerprint density at radius 3 is 2.73 bits per heavy atom. The minimum absolute atomic E-state index is 0.227. The molecule has 1 atom stereocenters. The summed E-state index contributed by atoms with van der Waals surface area (Å²) in [6.07, 6.45) is 2.68. The smallest absolute Gasteiger partial charge is 0.325 e. The second-order valence-corrected chi connectivity index (χ2v) is 3.90. The Hall–Kier alpha value is -1.10. The molecule has 86 valence electrons. The maximum Gasteiger partial charge on any atom is 0.325 e. The number of rotatable bonds is 7. The first kappa shape index (κ1) is 12.0. The van der Waals surface area contributed by atoms with Gasteiger partial charge >= 0.3 is 5.97 Å². The zero-order valence-electron chi connectivity index (χ0n) is 8.86. The number of hydrogen-bond acceptors (Lipinski definition) is 3. The number of hydrogen-bond donors (Lipinski definition) is 2. The van der Waals surface area contributed by atoms with Crippen LogP contribution in [0.1, 0.15) is 26.2 Å². The van der Waals surface area contributed by atoms with E-state index in [1.807, 2.05) is 0 Å². The molecule has 0 aromatic carbocycles. The van der Waals surface area contributed by atoms with Gasteiger partial charge in [0.15, 0.2) is 0 Å². The van der Waals surface area contributed by atoms with Crippen LogP contribution in [0.15, 0.2) is 0 Å². The van der Waals surface area contributed by atoms with Crippen molar-refractivity contribution < 1.29 is 19.4 Å². The number of carboxylic acids is 1. The molecule has 2 N–H and O–H groups in total. The normalized spacial score (nSPS) is 17.1. The highest BCUT2D eigenvalue weighted by atomic mass is 16.5. The number of amides is 1. The van der Waals surface area contributed by atoms with Crippen LogP contribution in [0.2, 0.25) is 0 Å². The number of carboxylic acid groups (broad SMARTS) is 1. The van der Waals surface area contributed by atoms with Crippen LogP contribution in [-0.4, -0.2) is 36.2 Å². The van der Waals surface area contributed by atoms with Crippen molar-refractivity contribution in [2.75, 3.05) is 13.2 Å². The fourth-order valence-corrected chi connectivity index (χ4v) is 1.07. The second-order valence-electron chi connectivity index (χ2n) is 3.90. The molecule has 5 nitrogen and oxygen atoms in total. The molecule has 0 saturated heterocycles. The van der Waals surface area contributed by atoms with Gasteiger partial charge in [0.05, 0.1) is 6.61 Å². The number of carbonyl (C=O) groups excluding carboxylic acids is 1. The average Bonchev–Trinajstić information content (AvgIpc) is 2.95. The summed E-state index contributed by atoms with van der Waals surface area (Å²) in [5.41, 5.74) is 0. The van der Waals surface area contributed by atoms with Crippen molar-refractivity contribution >= 4 is 11.9 Å². The molecule has 1 fully saturated rings. The summed E-state index contributed by atoms with van der Waals surface area (Å²) in [4.78, 5) is 21.6. The van der Waals surface area contributed by atoms with Gasteiger partial charge in [0, 0.05) is 13.0 Å². The van der Waals surface area contributed by atoms with Gasteiger partial charge < -0.3 is 15.2 Å². The summed E-state index contributed by atoms with van der Waals surface area (Å²) < 4.78 is 5.26. The molecule has 1 amide bonds. The van der Waals surface area contributed by atoms with E-state index in [0.29, 0.717) is 12.5 Å². The van der Waals surface area contributed by atoms with Gasteiger partial charge in [-0.25, -0.2) is 0 Å². The molecule has 5 heteroatoms. The molecule has 1 rings (SSSR count). The molecule has 0 aromatic heterocycles. The quantitative estimate of drug-likeness (QED) is 0.602. The minimum atomic E-state index is -1.03. The lowest BCUT2D eigenvalue weighted by atomic mass is 10.3. The molecule has 0 aliphatic heterocycles. The molecule has 0 aromatic rings. The lowest BCUT2D eigenvalue weighted by Gasteiger charge is -2.09. The number of ether oxygens (including phenoxy) is 1. The Balaban J connectivity index is 1.99. The monoisotopic (exact) mass is 215 g/mol. The van der Waals surface area contributed by atoms with Gasteiger partial charge in [-0.15, -0.1) is 0 Å². The lowest BCUT2D eigenvalue weighted by molar-refractivity contribution is -0.141. The third-order valence-corrected chi connectivity index (χ3v) is 2.27. The SMILES string of the molecule is C[C@@H](NC(=O)CCOCC1CC1)C(=O)O. The van der Waals surface area contributed by atoms with Crippen LogP contribution in [0, 0.1) is 5.92 Å². The van der Waals surface area contributed by atoms with Gasteiger partial charge in [-0.2, -0.15) is 0 Å². The van der Waals surface area contributed by atoms with Gasteiger partial charge in [-0.05, 0) is 25.7 Å². The van der Waals surface area contributed by atoms with Gasteiger partial charge in [0.2, 0.25) is 5.91 Å². The minimum Gasteiger partial charge on any atom is -0.480 e. The van der Waals surface area contributed by atoms with Crippen LogP contribution < -0.4 is 5.32 Å².